The van der Waals surface area contributed by atoms with Gasteiger partial charge in [-0.25, -0.2) is 16.8 Å². The van der Waals surface area contributed by atoms with Crippen molar-refractivity contribution < 1.29 is 26.4 Å². The van der Waals surface area contributed by atoms with Crippen LogP contribution in [0.4, 0.5) is 0 Å². The molecule has 0 radical (unpaired) electrons. The molecule has 2 atom stereocenters. The number of rotatable bonds is 6. The van der Waals surface area contributed by atoms with Gasteiger partial charge >= 0.3 is 0 Å². The molecular weight excluding hydrogens is 522 g/mol. The first-order valence-corrected chi connectivity index (χ1v) is 15.3. The summed E-state index contributed by atoms with van der Waals surface area (Å²) >= 11 is 1.19. The van der Waals surface area contributed by atoms with Gasteiger partial charge in [-0.1, -0.05) is 17.4 Å². The van der Waals surface area contributed by atoms with E-state index in [0.717, 1.165) is 11.8 Å². The first-order valence-electron chi connectivity index (χ1n) is 11.2. The van der Waals surface area contributed by atoms with Gasteiger partial charge in [0.25, 0.3) is 5.91 Å². The number of carbonyl (C=O) groups is 1. The van der Waals surface area contributed by atoms with Crippen molar-refractivity contribution in [2.45, 2.75) is 42.4 Å². The van der Waals surface area contributed by atoms with Crippen LogP contribution >= 0.6 is 11.3 Å². The van der Waals surface area contributed by atoms with E-state index in [2.05, 4.69) is 11.6 Å². The van der Waals surface area contributed by atoms with Crippen LogP contribution in [0.5, 0.6) is 0 Å². The lowest BCUT2D eigenvalue weighted by atomic mass is 10.2. The van der Waals surface area contributed by atoms with Gasteiger partial charge in [0, 0.05) is 31.5 Å². The summed E-state index contributed by atoms with van der Waals surface area (Å²) in [4.78, 5) is 17.9. The fraction of sp³-hybridized carbons (Fsp3) is 0.333. The van der Waals surface area contributed by atoms with E-state index in [-0.39, 0.29) is 40.7 Å². The number of nitrogens with zero attached hydrogens (tertiary/aromatic N) is 3. The van der Waals surface area contributed by atoms with Crippen LogP contribution in [0, 0.1) is 0 Å². The number of hydrogen-bond donors (Lipinski definition) is 0. The number of morpholine rings is 1. The first kappa shape index (κ1) is 26.4. The molecule has 12 heteroatoms. The number of fused-ring (bicyclic) bond motifs is 1. The molecule has 192 valence electrons. The molecule has 2 unspecified atom stereocenters. The number of hydrogen-bond acceptors (Lipinski definition) is 7. The van der Waals surface area contributed by atoms with Crippen molar-refractivity contribution in [3.63, 3.8) is 0 Å². The second-order valence-corrected chi connectivity index (χ2v) is 13.7. The predicted molar refractivity (Wildman–Crippen MR) is 138 cm³/mol. The number of ether oxygens (including phenoxy) is 1. The van der Waals surface area contributed by atoms with Crippen LogP contribution in [0.1, 0.15) is 24.2 Å². The van der Waals surface area contributed by atoms with Crippen molar-refractivity contribution in [1.82, 2.24) is 8.87 Å². The Balaban J connectivity index is 1.67. The minimum atomic E-state index is -3.73. The SMILES string of the molecule is C=CCn1c(=NC(=O)c2ccc(S(=O)(=O)N3CC(C)OC(C)C3)cc2)sc2cc(S(C)(=O)=O)ccc21. The van der Waals surface area contributed by atoms with E-state index in [1.807, 2.05) is 13.8 Å². The van der Waals surface area contributed by atoms with Gasteiger partial charge < -0.3 is 9.30 Å². The van der Waals surface area contributed by atoms with Gasteiger partial charge in [0.15, 0.2) is 14.6 Å². The molecule has 0 aliphatic carbocycles. The molecule has 0 saturated carbocycles. The van der Waals surface area contributed by atoms with Gasteiger partial charge in [-0.2, -0.15) is 9.30 Å². The van der Waals surface area contributed by atoms with Crippen molar-refractivity contribution in [3.05, 3.63) is 65.5 Å². The Morgan fingerprint density at radius 2 is 1.69 bits per heavy atom. The second kappa shape index (κ2) is 10.0. The van der Waals surface area contributed by atoms with Crippen molar-refractivity contribution in [1.29, 1.82) is 0 Å². The summed E-state index contributed by atoms with van der Waals surface area (Å²) in [6.45, 7) is 8.31. The fourth-order valence-electron chi connectivity index (χ4n) is 4.07. The Bertz CT molecular complexity index is 1590. The molecule has 0 bridgehead atoms. The average molecular weight is 550 g/mol. The summed E-state index contributed by atoms with van der Waals surface area (Å²) in [6, 6.07) is 10.5. The van der Waals surface area contributed by atoms with Crippen molar-refractivity contribution in [3.8, 4) is 0 Å². The predicted octanol–water partition coefficient (Wildman–Crippen LogP) is 2.83. The van der Waals surface area contributed by atoms with Gasteiger partial charge in [0.2, 0.25) is 10.0 Å². The second-order valence-electron chi connectivity index (χ2n) is 8.71. The number of benzene rings is 2. The Kier molecular flexibility index (Phi) is 7.35. The van der Waals surface area contributed by atoms with E-state index in [1.165, 1.54) is 46.0 Å². The highest BCUT2D eigenvalue weighted by Crippen LogP contribution is 2.23. The van der Waals surface area contributed by atoms with Crippen LogP contribution in [0.25, 0.3) is 10.2 Å². The zero-order valence-corrected chi connectivity index (χ0v) is 22.6. The fourth-order valence-corrected chi connectivity index (χ4v) is 7.46. The van der Waals surface area contributed by atoms with Crippen molar-refractivity contribution >= 4 is 47.3 Å². The lowest BCUT2D eigenvalue weighted by Crippen LogP contribution is -2.48. The first-order chi connectivity index (χ1) is 16.9. The summed E-state index contributed by atoms with van der Waals surface area (Å²) in [5, 5.41) is 0. The minimum absolute atomic E-state index is 0.0947. The summed E-state index contributed by atoms with van der Waals surface area (Å²) in [5.41, 5.74) is 0.964. The molecule has 1 aliphatic heterocycles. The van der Waals surface area contributed by atoms with E-state index in [9.17, 15) is 21.6 Å². The van der Waals surface area contributed by atoms with Crippen LogP contribution in [-0.2, 0) is 31.1 Å². The van der Waals surface area contributed by atoms with E-state index in [0.29, 0.717) is 16.0 Å². The molecule has 3 aromatic rings. The van der Waals surface area contributed by atoms with Gasteiger partial charge in [0.1, 0.15) is 0 Å². The third-order valence-corrected chi connectivity index (χ3v) is 9.71. The summed E-state index contributed by atoms with van der Waals surface area (Å²) < 4.78 is 59.5. The Labute approximate surface area is 214 Å². The van der Waals surface area contributed by atoms with E-state index >= 15 is 0 Å². The number of sulfone groups is 1. The van der Waals surface area contributed by atoms with Crippen molar-refractivity contribution in [2.24, 2.45) is 4.99 Å². The van der Waals surface area contributed by atoms with Crippen LogP contribution < -0.4 is 4.80 Å². The molecule has 2 aromatic carbocycles. The Morgan fingerprint density at radius 1 is 1.08 bits per heavy atom. The third kappa shape index (κ3) is 5.37. The zero-order chi connectivity index (χ0) is 26.3. The lowest BCUT2D eigenvalue weighted by molar-refractivity contribution is -0.0440. The summed E-state index contributed by atoms with van der Waals surface area (Å²) in [5.74, 6) is -0.541. The number of carbonyl (C=O) groups excluding carboxylic acids is 1. The molecule has 36 heavy (non-hydrogen) atoms. The number of amides is 1. The Hall–Kier alpha value is -2.64. The van der Waals surface area contributed by atoms with Crippen LogP contribution in [-0.4, -0.2) is 63.2 Å². The Morgan fingerprint density at radius 3 is 2.28 bits per heavy atom. The van der Waals surface area contributed by atoms with Crippen LogP contribution in [0.2, 0.25) is 0 Å². The maximum atomic E-state index is 13.1. The van der Waals surface area contributed by atoms with Crippen LogP contribution in [0.3, 0.4) is 0 Å². The van der Waals surface area contributed by atoms with Crippen LogP contribution in [0.15, 0.2) is 69.9 Å². The molecule has 1 aromatic heterocycles. The molecule has 2 heterocycles. The molecular formula is C24H27N3O6S3. The highest BCUT2D eigenvalue weighted by molar-refractivity contribution is 7.90. The molecule has 1 aliphatic rings. The third-order valence-electron chi connectivity index (χ3n) is 5.72. The monoisotopic (exact) mass is 549 g/mol. The quantitative estimate of drug-likeness (QED) is 0.437. The number of sulfonamides is 1. The maximum absolute atomic E-state index is 13.1. The molecule has 1 amide bonds. The highest BCUT2D eigenvalue weighted by atomic mass is 32.2. The number of allylic oxidation sites excluding steroid dienone is 1. The molecule has 1 saturated heterocycles. The van der Waals surface area contributed by atoms with Gasteiger partial charge in [-0.3, -0.25) is 4.79 Å². The smallest absolute Gasteiger partial charge is 0.279 e. The molecule has 0 N–H and O–H groups in total. The van der Waals surface area contributed by atoms with Gasteiger partial charge in [-0.05, 0) is 56.3 Å². The van der Waals surface area contributed by atoms with Gasteiger partial charge in [-0.15, -0.1) is 6.58 Å². The van der Waals surface area contributed by atoms with Crippen molar-refractivity contribution in [2.75, 3.05) is 19.3 Å². The number of thiazole rings is 1. The highest BCUT2D eigenvalue weighted by Gasteiger charge is 2.32. The standard InChI is InChI=1S/C24H27N3O6S3/c1-5-12-27-21-11-10-20(35(4,29)30)13-22(21)34-24(27)25-23(28)18-6-8-19(9-7-18)36(31,32)26-14-16(2)33-17(3)15-26/h5-11,13,16-17H,1,12,14-15H2,2-4H3. The minimum Gasteiger partial charge on any atom is -0.373 e. The summed E-state index contributed by atoms with van der Waals surface area (Å²) in [7, 11) is -7.11. The topological polar surface area (TPSA) is 115 Å². The zero-order valence-electron chi connectivity index (χ0n) is 20.1. The van der Waals surface area contributed by atoms with Gasteiger partial charge in [0.05, 0.1) is 32.2 Å². The lowest BCUT2D eigenvalue weighted by Gasteiger charge is -2.34. The number of aromatic nitrogens is 1. The van der Waals surface area contributed by atoms with E-state index in [4.69, 9.17) is 4.74 Å². The molecule has 1 fully saturated rings. The normalized spacial score (nSPS) is 20.0. The largest absolute Gasteiger partial charge is 0.373 e. The molecule has 0 spiro atoms. The van der Waals surface area contributed by atoms with E-state index in [1.54, 1.807) is 22.8 Å². The average Bonchev–Trinajstić information content (AvgIpc) is 3.14. The van der Waals surface area contributed by atoms with E-state index < -0.39 is 25.8 Å². The molecule has 4 rings (SSSR count). The molecule has 9 nitrogen and oxygen atoms in total. The summed E-state index contributed by atoms with van der Waals surface area (Å²) in [6.07, 6.45) is 2.38. The maximum Gasteiger partial charge on any atom is 0.279 e.